The van der Waals surface area contributed by atoms with Crippen molar-refractivity contribution >= 4 is 6.09 Å². The summed E-state index contributed by atoms with van der Waals surface area (Å²) in [5.74, 6) is 0. The topological polar surface area (TPSA) is 95.6 Å². The smallest absolute Gasteiger partial charge is 0.405 e. The third kappa shape index (κ3) is 1.36. The van der Waals surface area contributed by atoms with Crippen LogP contribution in [0.4, 0.5) is 4.79 Å². The molecular formula is C9H16N2O3. The van der Waals surface area contributed by atoms with Gasteiger partial charge in [-0.1, -0.05) is 0 Å². The fourth-order valence-corrected chi connectivity index (χ4v) is 2.73. The zero-order valence-corrected chi connectivity index (χ0v) is 7.99. The number of nitrogens with two attached hydrogens (primary N) is 1. The second kappa shape index (κ2) is 2.84. The molecule has 2 bridgehead atoms. The largest absolute Gasteiger partial charge is 0.465 e. The molecule has 1 atom stereocenters. The van der Waals surface area contributed by atoms with Crippen LogP contribution in [0.3, 0.4) is 0 Å². The van der Waals surface area contributed by atoms with E-state index in [0.29, 0.717) is 19.3 Å². The van der Waals surface area contributed by atoms with Crippen molar-refractivity contribution in [2.24, 2.45) is 5.73 Å². The first-order valence-electron chi connectivity index (χ1n) is 4.94. The molecule has 5 heteroatoms. The second-order valence-corrected chi connectivity index (χ2v) is 4.67. The van der Waals surface area contributed by atoms with Crippen LogP contribution >= 0.6 is 0 Å². The molecule has 0 aromatic carbocycles. The van der Waals surface area contributed by atoms with Crippen LogP contribution in [0.1, 0.15) is 32.1 Å². The number of aliphatic hydroxyl groups excluding tert-OH is 1. The van der Waals surface area contributed by atoms with Crippen molar-refractivity contribution in [3.63, 3.8) is 0 Å². The summed E-state index contributed by atoms with van der Waals surface area (Å²) in [4.78, 5) is 10.6. The molecular weight excluding hydrogens is 184 g/mol. The first-order valence-corrected chi connectivity index (χ1v) is 4.94. The maximum atomic E-state index is 10.6. The third-order valence-corrected chi connectivity index (χ3v) is 3.73. The van der Waals surface area contributed by atoms with Crippen LogP contribution in [0.25, 0.3) is 0 Å². The summed E-state index contributed by atoms with van der Waals surface area (Å²) in [5.41, 5.74) is 5.15. The van der Waals surface area contributed by atoms with Crippen LogP contribution in [0.2, 0.25) is 0 Å². The number of carbonyl (C=O) groups is 1. The van der Waals surface area contributed by atoms with Crippen LogP contribution < -0.4 is 11.1 Å². The molecule has 3 saturated carbocycles. The minimum absolute atomic E-state index is 0.263. The van der Waals surface area contributed by atoms with Crippen LogP contribution in [-0.2, 0) is 0 Å². The predicted molar refractivity (Wildman–Crippen MR) is 49.9 cm³/mol. The van der Waals surface area contributed by atoms with Crippen LogP contribution in [0, 0.1) is 0 Å². The average Bonchev–Trinajstić information content (AvgIpc) is 2.07. The van der Waals surface area contributed by atoms with Gasteiger partial charge < -0.3 is 21.3 Å². The lowest BCUT2D eigenvalue weighted by Crippen LogP contribution is -2.68. The molecule has 0 saturated heterocycles. The number of carboxylic acid groups (broad SMARTS) is 1. The number of hydrogen-bond donors (Lipinski definition) is 4. The van der Waals surface area contributed by atoms with Gasteiger partial charge in [-0.3, -0.25) is 0 Å². The number of aliphatic hydroxyl groups is 1. The second-order valence-electron chi connectivity index (χ2n) is 4.67. The lowest BCUT2D eigenvalue weighted by atomic mass is 9.60. The molecule has 0 aromatic rings. The molecule has 3 aliphatic rings. The van der Waals surface area contributed by atoms with E-state index in [0.717, 1.165) is 12.8 Å². The molecule has 0 spiro atoms. The summed E-state index contributed by atoms with van der Waals surface area (Å²) < 4.78 is 0. The average molecular weight is 200 g/mol. The van der Waals surface area contributed by atoms with Gasteiger partial charge in [-0.2, -0.15) is 0 Å². The Kier molecular flexibility index (Phi) is 1.97. The summed E-state index contributed by atoms with van der Waals surface area (Å²) in [7, 11) is 0. The minimum Gasteiger partial charge on any atom is -0.465 e. The van der Waals surface area contributed by atoms with E-state index < -0.39 is 17.7 Å². The van der Waals surface area contributed by atoms with Gasteiger partial charge in [-0.15, -0.1) is 0 Å². The highest BCUT2D eigenvalue weighted by atomic mass is 16.4. The zero-order valence-electron chi connectivity index (χ0n) is 7.99. The van der Waals surface area contributed by atoms with Gasteiger partial charge in [0.25, 0.3) is 0 Å². The van der Waals surface area contributed by atoms with Gasteiger partial charge in [-0.25, -0.2) is 4.79 Å². The Hall–Kier alpha value is -0.810. The van der Waals surface area contributed by atoms with Crippen molar-refractivity contribution in [2.75, 3.05) is 0 Å². The van der Waals surface area contributed by atoms with Crippen LogP contribution in [0.5, 0.6) is 0 Å². The first-order chi connectivity index (χ1) is 6.46. The van der Waals surface area contributed by atoms with Gasteiger partial charge in [0.15, 0.2) is 0 Å². The lowest BCUT2D eigenvalue weighted by Gasteiger charge is -2.54. The van der Waals surface area contributed by atoms with E-state index in [-0.39, 0.29) is 5.54 Å². The van der Waals surface area contributed by atoms with Crippen molar-refractivity contribution < 1.29 is 15.0 Å². The maximum Gasteiger partial charge on any atom is 0.405 e. The van der Waals surface area contributed by atoms with E-state index in [1.54, 1.807) is 0 Å². The molecule has 5 nitrogen and oxygen atoms in total. The summed E-state index contributed by atoms with van der Waals surface area (Å²) >= 11 is 0. The Morgan fingerprint density at radius 1 is 1.36 bits per heavy atom. The molecule has 3 rings (SSSR count). The first kappa shape index (κ1) is 9.73. The number of hydrogen-bond acceptors (Lipinski definition) is 3. The monoisotopic (exact) mass is 200 g/mol. The number of amides is 1. The third-order valence-electron chi connectivity index (χ3n) is 3.73. The highest BCUT2D eigenvalue weighted by Crippen LogP contribution is 2.45. The van der Waals surface area contributed by atoms with Gasteiger partial charge in [0, 0.05) is 5.54 Å². The normalized spacial score (nSPS) is 46.3. The predicted octanol–water partition coefficient (Wildman–Crippen LogP) is 0.0289. The standard InChI is InChI=1S/C9H16N2O3/c10-8-1-3-9(4-2-8,6(12)5-8)11-7(13)14/h6,11-12H,1-5,10H2,(H,13,14). The van der Waals surface area contributed by atoms with E-state index in [9.17, 15) is 9.90 Å². The molecule has 1 unspecified atom stereocenters. The molecule has 0 heterocycles. The van der Waals surface area contributed by atoms with Gasteiger partial charge >= 0.3 is 6.09 Å². The molecule has 80 valence electrons. The van der Waals surface area contributed by atoms with Crippen molar-refractivity contribution in [3.05, 3.63) is 0 Å². The van der Waals surface area contributed by atoms with Crippen LogP contribution in [-0.4, -0.2) is 33.5 Å². The SMILES string of the molecule is NC12CCC(NC(=O)O)(CC1)C(O)C2. The Morgan fingerprint density at radius 3 is 2.36 bits per heavy atom. The zero-order chi connectivity index (χ0) is 10.4. The Labute approximate surface area is 82.3 Å². The Morgan fingerprint density at radius 2 is 1.93 bits per heavy atom. The molecule has 0 aromatic heterocycles. The van der Waals surface area contributed by atoms with Crippen molar-refractivity contribution in [2.45, 2.75) is 49.3 Å². The van der Waals surface area contributed by atoms with Gasteiger partial charge in [0.05, 0.1) is 11.6 Å². The van der Waals surface area contributed by atoms with Gasteiger partial charge in [-0.05, 0) is 32.1 Å². The summed E-state index contributed by atoms with van der Waals surface area (Å²) in [5, 5.41) is 21.0. The maximum absolute atomic E-state index is 10.6. The molecule has 3 fully saturated rings. The van der Waals surface area contributed by atoms with E-state index in [4.69, 9.17) is 10.8 Å². The van der Waals surface area contributed by atoms with Gasteiger partial charge in [0.2, 0.25) is 0 Å². The lowest BCUT2D eigenvalue weighted by molar-refractivity contribution is -0.0471. The van der Waals surface area contributed by atoms with E-state index >= 15 is 0 Å². The molecule has 5 N–H and O–H groups in total. The highest BCUT2D eigenvalue weighted by Gasteiger charge is 2.53. The Balaban J connectivity index is 2.17. The molecule has 3 aliphatic carbocycles. The number of rotatable bonds is 1. The fraction of sp³-hybridized carbons (Fsp3) is 0.889. The van der Waals surface area contributed by atoms with Crippen LogP contribution in [0.15, 0.2) is 0 Å². The van der Waals surface area contributed by atoms with E-state index in [2.05, 4.69) is 5.32 Å². The molecule has 1 amide bonds. The van der Waals surface area contributed by atoms with Crippen molar-refractivity contribution in [1.82, 2.24) is 5.32 Å². The highest BCUT2D eigenvalue weighted by molar-refractivity contribution is 5.66. The number of fused-ring (bicyclic) bond motifs is 3. The fourth-order valence-electron chi connectivity index (χ4n) is 2.73. The quantitative estimate of drug-likeness (QED) is 0.480. The minimum atomic E-state index is -1.06. The summed E-state index contributed by atoms with van der Waals surface area (Å²) in [6.07, 6.45) is 1.71. The van der Waals surface area contributed by atoms with Crippen molar-refractivity contribution in [3.8, 4) is 0 Å². The summed E-state index contributed by atoms with van der Waals surface area (Å²) in [6.45, 7) is 0. The van der Waals surface area contributed by atoms with Crippen molar-refractivity contribution in [1.29, 1.82) is 0 Å². The number of nitrogens with one attached hydrogen (secondary N) is 1. The summed E-state index contributed by atoms with van der Waals surface area (Å²) in [6, 6.07) is 0. The van der Waals surface area contributed by atoms with E-state index in [1.807, 2.05) is 0 Å². The molecule has 0 radical (unpaired) electrons. The molecule has 14 heavy (non-hydrogen) atoms. The van der Waals surface area contributed by atoms with Gasteiger partial charge in [0.1, 0.15) is 0 Å². The van der Waals surface area contributed by atoms with E-state index in [1.165, 1.54) is 0 Å². The Bertz CT molecular complexity index is 259. The molecule has 0 aliphatic heterocycles.